The molecular formula is C16H22FN. The van der Waals surface area contributed by atoms with Gasteiger partial charge in [0.25, 0.3) is 0 Å². The lowest BCUT2D eigenvalue weighted by molar-refractivity contribution is 0.531. The molecule has 18 heavy (non-hydrogen) atoms. The quantitative estimate of drug-likeness (QED) is 0.766. The second-order valence-electron chi connectivity index (χ2n) is 5.04. The molecule has 0 radical (unpaired) electrons. The zero-order valence-corrected chi connectivity index (χ0v) is 11.3. The standard InChI is InChI=1S/C16H22FN/c1-3-11-18-16(13-8-4-5-9-13)14-10-6-7-12(2)15(14)17/h6-8,10,16,18H,3-5,9,11H2,1-2H3. The SMILES string of the molecule is CCCNC(C1=CCCC1)c1cccc(C)c1F. The van der Waals surface area contributed by atoms with E-state index in [4.69, 9.17) is 0 Å². The summed E-state index contributed by atoms with van der Waals surface area (Å²) in [6.45, 7) is 4.90. The topological polar surface area (TPSA) is 12.0 Å². The predicted octanol–water partition coefficient (Wildman–Crippen LogP) is 4.29. The summed E-state index contributed by atoms with van der Waals surface area (Å²) in [7, 11) is 0. The summed E-state index contributed by atoms with van der Waals surface area (Å²) in [5.41, 5.74) is 2.89. The van der Waals surface area contributed by atoms with E-state index in [9.17, 15) is 4.39 Å². The minimum atomic E-state index is -0.0566. The van der Waals surface area contributed by atoms with Gasteiger partial charge >= 0.3 is 0 Å². The van der Waals surface area contributed by atoms with Crippen LogP contribution in [0.15, 0.2) is 29.8 Å². The molecule has 1 aliphatic rings. The van der Waals surface area contributed by atoms with Crippen LogP contribution in [0.4, 0.5) is 4.39 Å². The van der Waals surface area contributed by atoms with E-state index in [1.54, 1.807) is 0 Å². The van der Waals surface area contributed by atoms with Gasteiger partial charge in [0.05, 0.1) is 6.04 Å². The molecule has 1 atom stereocenters. The first-order valence-electron chi connectivity index (χ1n) is 6.91. The highest BCUT2D eigenvalue weighted by Gasteiger charge is 2.21. The molecule has 2 heteroatoms. The van der Waals surface area contributed by atoms with Crippen LogP contribution in [0.3, 0.4) is 0 Å². The van der Waals surface area contributed by atoms with Gasteiger partial charge < -0.3 is 5.32 Å². The third-order valence-corrected chi connectivity index (χ3v) is 3.58. The smallest absolute Gasteiger partial charge is 0.131 e. The summed E-state index contributed by atoms with van der Waals surface area (Å²) in [5, 5.41) is 3.49. The summed E-state index contributed by atoms with van der Waals surface area (Å²) >= 11 is 0. The second kappa shape index (κ2) is 6.14. The number of hydrogen-bond donors (Lipinski definition) is 1. The van der Waals surface area contributed by atoms with E-state index in [0.717, 1.165) is 36.9 Å². The summed E-state index contributed by atoms with van der Waals surface area (Å²) in [6, 6.07) is 5.75. The Morgan fingerprint density at radius 2 is 2.22 bits per heavy atom. The van der Waals surface area contributed by atoms with Crippen molar-refractivity contribution in [3.63, 3.8) is 0 Å². The summed E-state index contributed by atoms with van der Waals surface area (Å²) in [5.74, 6) is -0.0566. The molecule has 0 fully saturated rings. The van der Waals surface area contributed by atoms with Crippen molar-refractivity contribution in [2.75, 3.05) is 6.54 Å². The molecule has 0 bridgehead atoms. The van der Waals surface area contributed by atoms with E-state index < -0.39 is 0 Å². The van der Waals surface area contributed by atoms with Crippen molar-refractivity contribution in [1.82, 2.24) is 5.32 Å². The zero-order valence-electron chi connectivity index (χ0n) is 11.3. The van der Waals surface area contributed by atoms with Gasteiger partial charge in [-0.25, -0.2) is 4.39 Å². The Morgan fingerprint density at radius 3 is 2.89 bits per heavy atom. The summed E-state index contributed by atoms with van der Waals surface area (Å²) < 4.78 is 14.3. The van der Waals surface area contributed by atoms with Crippen LogP contribution in [0.1, 0.15) is 49.8 Å². The highest BCUT2D eigenvalue weighted by atomic mass is 19.1. The maximum Gasteiger partial charge on any atom is 0.131 e. The van der Waals surface area contributed by atoms with Gasteiger partial charge in [0.2, 0.25) is 0 Å². The van der Waals surface area contributed by atoms with Gasteiger partial charge in [-0.2, -0.15) is 0 Å². The lowest BCUT2D eigenvalue weighted by Gasteiger charge is -2.22. The molecule has 1 N–H and O–H groups in total. The van der Waals surface area contributed by atoms with Crippen LogP contribution in [0.2, 0.25) is 0 Å². The van der Waals surface area contributed by atoms with Crippen LogP contribution in [0.25, 0.3) is 0 Å². The van der Waals surface area contributed by atoms with Gasteiger partial charge in [0, 0.05) is 5.56 Å². The number of aryl methyl sites for hydroxylation is 1. The average molecular weight is 247 g/mol. The number of rotatable bonds is 5. The third-order valence-electron chi connectivity index (χ3n) is 3.58. The molecule has 98 valence electrons. The minimum absolute atomic E-state index is 0.0566. The minimum Gasteiger partial charge on any atom is -0.306 e. The summed E-state index contributed by atoms with van der Waals surface area (Å²) in [4.78, 5) is 0. The number of benzene rings is 1. The summed E-state index contributed by atoms with van der Waals surface area (Å²) in [6.07, 6.45) is 6.77. The fourth-order valence-corrected chi connectivity index (χ4v) is 2.58. The van der Waals surface area contributed by atoms with Gasteiger partial charge in [-0.05, 0) is 44.7 Å². The normalized spacial score (nSPS) is 16.7. The number of hydrogen-bond acceptors (Lipinski definition) is 1. The first-order valence-corrected chi connectivity index (χ1v) is 6.91. The fraction of sp³-hybridized carbons (Fsp3) is 0.500. The van der Waals surface area contributed by atoms with Gasteiger partial charge in [-0.15, -0.1) is 0 Å². The molecular weight excluding hydrogens is 225 g/mol. The average Bonchev–Trinajstić information content (AvgIpc) is 2.88. The maximum atomic E-state index is 14.3. The Balaban J connectivity index is 2.30. The first kappa shape index (κ1) is 13.3. The number of nitrogens with one attached hydrogen (secondary N) is 1. The van der Waals surface area contributed by atoms with Gasteiger partial charge in [0.1, 0.15) is 5.82 Å². The van der Waals surface area contributed by atoms with Crippen LogP contribution in [0.5, 0.6) is 0 Å². The van der Waals surface area contributed by atoms with E-state index >= 15 is 0 Å². The van der Waals surface area contributed by atoms with Crippen LogP contribution in [-0.4, -0.2) is 6.54 Å². The lowest BCUT2D eigenvalue weighted by atomic mass is 9.96. The highest BCUT2D eigenvalue weighted by Crippen LogP contribution is 2.32. The van der Waals surface area contributed by atoms with Crippen molar-refractivity contribution in [3.8, 4) is 0 Å². The van der Waals surface area contributed by atoms with Gasteiger partial charge in [0.15, 0.2) is 0 Å². The van der Waals surface area contributed by atoms with E-state index in [1.165, 1.54) is 12.0 Å². The van der Waals surface area contributed by atoms with Crippen LogP contribution in [-0.2, 0) is 0 Å². The van der Waals surface area contributed by atoms with Crippen molar-refractivity contribution < 1.29 is 4.39 Å². The molecule has 0 spiro atoms. The van der Waals surface area contributed by atoms with E-state index in [-0.39, 0.29) is 11.9 Å². The Bertz CT molecular complexity index is 437. The van der Waals surface area contributed by atoms with Crippen LogP contribution in [0, 0.1) is 12.7 Å². The molecule has 1 aromatic rings. The predicted molar refractivity (Wildman–Crippen MR) is 74.1 cm³/mol. The fourth-order valence-electron chi connectivity index (χ4n) is 2.58. The van der Waals surface area contributed by atoms with Gasteiger partial charge in [-0.3, -0.25) is 0 Å². The van der Waals surface area contributed by atoms with E-state index in [0.29, 0.717) is 0 Å². The van der Waals surface area contributed by atoms with Crippen molar-refractivity contribution in [1.29, 1.82) is 0 Å². The Kier molecular flexibility index (Phi) is 4.54. The molecule has 0 amide bonds. The van der Waals surface area contributed by atoms with Crippen molar-refractivity contribution in [3.05, 3.63) is 46.8 Å². The molecule has 0 saturated carbocycles. The largest absolute Gasteiger partial charge is 0.306 e. The molecule has 1 aliphatic carbocycles. The lowest BCUT2D eigenvalue weighted by Crippen LogP contribution is -2.24. The van der Waals surface area contributed by atoms with E-state index in [1.807, 2.05) is 25.1 Å². The Labute approximate surface area is 109 Å². The molecule has 0 aliphatic heterocycles. The number of halogens is 1. The number of allylic oxidation sites excluding steroid dienone is 1. The Hall–Kier alpha value is -1.15. The molecule has 1 aromatic carbocycles. The highest BCUT2D eigenvalue weighted by molar-refractivity contribution is 5.34. The zero-order chi connectivity index (χ0) is 13.0. The molecule has 2 rings (SSSR count). The monoisotopic (exact) mass is 247 g/mol. The first-order chi connectivity index (χ1) is 8.74. The molecule has 0 saturated heterocycles. The maximum absolute atomic E-state index is 14.3. The third kappa shape index (κ3) is 2.81. The molecule has 0 heterocycles. The van der Waals surface area contributed by atoms with Crippen molar-refractivity contribution >= 4 is 0 Å². The Morgan fingerprint density at radius 1 is 1.39 bits per heavy atom. The molecule has 1 nitrogen and oxygen atoms in total. The van der Waals surface area contributed by atoms with E-state index in [2.05, 4.69) is 18.3 Å². The molecule has 0 aromatic heterocycles. The second-order valence-corrected chi connectivity index (χ2v) is 5.04. The van der Waals surface area contributed by atoms with Crippen LogP contribution < -0.4 is 5.32 Å². The van der Waals surface area contributed by atoms with Crippen molar-refractivity contribution in [2.45, 2.75) is 45.6 Å². The van der Waals surface area contributed by atoms with Crippen LogP contribution >= 0.6 is 0 Å². The van der Waals surface area contributed by atoms with Gasteiger partial charge in [-0.1, -0.05) is 36.8 Å². The van der Waals surface area contributed by atoms with Crippen molar-refractivity contribution in [2.24, 2.45) is 0 Å². The molecule has 1 unspecified atom stereocenters.